The van der Waals surface area contributed by atoms with Crippen molar-refractivity contribution in [3.8, 4) is 0 Å². The third kappa shape index (κ3) is 3.42. The summed E-state index contributed by atoms with van der Waals surface area (Å²) >= 11 is 0. The molecule has 0 spiro atoms. The van der Waals surface area contributed by atoms with Crippen LogP contribution in [0.5, 0.6) is 0 Å². The average Bonchev–Trinajstić information content (AvgIpc) is 3.20. The fourth-order valence-electron chi connectivity index (χ4n) is 5.30. The highest BCUT2D eigenvalue weighted by molar-refractivity contribution is 6.14. The largest absolute Gasteiger partial charge is 0.353 e. The standard InChI is InChI=1S/C21H25N5O.2ClH/c1-11-15-8-13(21(15,2)3)9-16(11)24-20-25-17(19(27)26-20)7-12-10-23-18-14(12)5-4-6-22-18;;/h4-7,10-11,13,15-16H,8-9H2,1-3H3,(H,22,23)(H2,24,25,26,27);2*1H/t11-,13+,15+,16+;;/m0../s1. The van der Waals surface area contributed by atoms with E-state index in [-0.39, 0.29) is 30.7 Å². The van der Waals surface area contributed by atoms with Crippen molar-refractivity contribution in [3.05, 3.63) is 35.8 Å². The predicted octanol–water partition coefficient (Wildman–Crippen LogP) is 3.89. The summed E-state index contributed by atoms with van der Waals surface area (Å²) in [5.74, 6) is 2.52. The molecule has 1 amide bonds. The first-order chi connectivity index (χ1) is 12.9. The number of aliphatic imine (C=N–C) groups is 1. The number of nitrogens with one attached hydrogen (secondary N) is 3. The molecule has 3 saturated carbocycles. The highest BCUT2D eigenvalue weighted by Crippen LogP contribution is 2.61. The Balaban J connectivity index is 0.00000120. The molecule has 0 aromatic carbocycles. The molecule has 0 saturated heterocycles. The average molecular weight is 436 g/mol. The number of hydrogen-bond acceptors (Lipinski definition) is 4. The molecule has 29 heavy (non-hydrogen) atoms. The first-order valence-electron chi connectivity index (χ1n) is 9.74. The van der Waals surface area contributed by atoms with Crippen molar-refractivity contribution in [1.29, 1.82) is 0 Å². The molecule has 6 nitrogen and oxygen atoms in total. The Morgan fingerprint density at radius 1 is 1.28 bits per heavy atom. The van der Waals surface area contributed by atoms with Gasteiger partial charge in [-0.15, -0.1) is 24.8 Å². The number of halogens is 2. The number of H-pyrrole nitrogens is 1. The summed E-state index contributed by atoms with van der Waals surface area (Å²) in [7, 11) is 0. The van der Waals surface area contributed by atoms with Gasteiger partial charge in [0.05, 0.1) is 0 Å². The number of aromatic nitrogens is 2. The lowest BCUT2D eigenvalue weighted by molar-refractivity contribution is -0.116. The molecule has 156 valence electrons. The van der Waals surface area contributed by atoms with E-state index in [9.17, 15) is 4.79 Å². The second kappa shape index (κ2) is 7.65. The summed E-state index contributed by atoms with van der Waals surface area (Å²) in [6.45, 7) is 7.11. The molecule has 3 fully saturated rings. The fourth-order valence-corrected chi connectivity index (χ4v) is 5.30. The van der Waals surface area contributed by atoms with Gasteiger partial charge in [-0.25, -0.2) is 9.98 Å². The van der Waals surface area contributed by atoms with Crippen LogP contribution in [0.2, 0.25) is 0 Å². The van der Waals surface area contributed by atoms with Gasteiger partial charge in [-0.05, 0) is 54.2 Å². The number of carbonyl (C=O) groups excluding carboxylic acids is 1. The molecule has 8 heteroatoms. The van der Waals surface area contributed by atoms with Gasteiger partial charge in [-0.3, -0.25) is 10.1 Å². The maximum atomic E-state index is 12.4. The summed E-state index contributed by atoms with van der Waals surface area (Å²) < 4.78 is 0. The molecule has 0 radical (unpaired) electrons. The first kappa shape index (κ1) is 21.7. The number of carbonyl (C=O) groups is 1. The van der Waals surface area contributed by atoms with Crippen molar-refractivity contribution in [2.24, 2.45) is 28.2 Å². The van der Waals surface area contributed by atoms with Gasteiger partial charge in [0, 0.05) is 29.4 Å². The predicted molar refractivity (Wildman–Crippen MR) is 120 cm³/mol. The van der Waals surface area contributed by atoms with Gasteiger partial charge in [0.25, 0.3) is 5.91 Å². The molecule has 3 N–H and O–H groups in total. The third-order valence-corrected chi connectivity index (χ3v) is 7.15. The minimum absolute atomic E-state index is 0. The lowest BCUT2D eigenvalue weighted by Gasteiger charge is -2.62. The van der Waals surface area contributed by atoms with Crippen LogP contribution in [0.15, 0.2) is 35.2 Å². The van der Waals surface area contributed by atoms with E-state index in [1.165, 1.54) is 6.42 Å². The summed E-state index contributed by atoms with van der Waals surface area (Å²) in [6.07, 6.45) is 7.90. The van der Waals surface area contributed by atoms with Crippen molar-refractivity contribution in [2.45, 2.75) is 39.7 Å². The van der Waals surface area contributed by atoms with Crippen LogP contribution in [0.3, 0.4) is 0 Å². The second-order valence-corrected chi connectivity index (χ2v) is 8.79. The van der Waals surface area contributed by atoms with E-state index in [1.54, 1.807) is 6.20 Å². The Hall–Kier alpha value is -2.05. The SMILES string of the molecule is C[C@H]1[C@H]2C[C@H](C[C@H]1NC1=NC(=Cc3c[nH]c4ncccc34)C(=O)N1)C2(C)C.Cl.Cl. The van der Waals surface area contributed by atoms with E-state index in [0.29, 0.717) is 29.0 Å². The summed E-state index contributed by atoms with van der Waals surface area (Å²) in [5, 5.41) is 7.37. The highest BCUT2D eigenvalue weighted by Gasteiger charge is 2.56. The van der Waals surface area contributed by atoms with Gasteiger partial charge in [-0.1, -0.05) is 20.8 Å². The Bertz CT molecular complexity index is 996. The van der Waals surface area contributed by atoms with Gasteiger partial charge < -0.3 is 10.3 Å². The zero-order valence-corrected chi connectivity index (χ0v) is 18.4. The van der Waals surface area contributed by atoms with Crippen LogP contribution in [-0.4, -0.2) is 27.9 Å². The Labute approximate surface area is 182 Å². The number of pyridine rings is 1. The minimum atomic E-state index is -0.162. The number of aromatic amines is 1. The summed E-state index contributed by atoms with van der Waals surface area (Å²) in [5.41, 5.74) is 2.61. The number of guanidine groups is 1. The number of fused-ring (bicyclic) bond motifs is 3. The van der Waals surface area contributed by atoms with Crippen LogP contribution in [0.25, 0.3) is 17.1 Å². The van der Waals surface area contributed by atoms with Gasteiger partial charge in [0.1, 0.15) is 11.3 Å². The molecule has 2 bridgehead atoms. The molecule has 4 atom stereocenters. The monoisotopic (exact) mass is 435 g/mol. The highest BCUT2D eigenvalue weighted by atomic mass is 35.5. The van der Waals surface area contributed by atoms with Crippen LogP contribution in [0.4, 0.5) is 0 Å². The lowest BCUT2D eigenvalue weighted by atomic mass is 9.45. The van der Waals surface area contributed by atoms with Crippen LogP contribution in [0.1, 0.15) is 39.2 Å². The van der Waals surface area contributed by atoms with Gasteiger partial charge >= 0.3 is 0 Å². The van der Waals surface area contributed by atoms with Crippen molar-refractivity contribution in [2.75, 3.05) is 0 Å². The second-order valence-electron chi connectivity index (χ2n) is 8.79. The van der Waals surface area contributed by atoms with E-state index < -0.39 is 0 Å². The van der Waals surface area contributed by atoms with Crippen molar-refractivity contribution in [1.82, 2.24) is 20.6 Å². The van der Waals surface area contributed by atoms with E-state index in [4.69, 9.17) is 0 Å². The number of rotatable bonds is 2. The quantitative estimate of drug-likeness (QED) is 0.625. The number of amides is 1. The van der Waals surface area contributed by atoms with Gasteiger partial charge in [0.15, 0.2) is 0 Å². The molecule has 2 aromatic heterocycles. The number of hydrogen-bond donors (Lipinski definition) is 3. The van der Waals surface area contributed by atoms with Crippen LogP contribution in [-0.2, 0) is 4.79 Å². The molecular weight excluding hydrogens is 409 g/mol. The van der Waals surface area contributed by atoms with Crippen molar-refractivity contribution >= 4 is 53.8 Å². The van der Waals surface area contributed by atoms with Crippen LogP contribution >= 0.6 is 24.8 Å². The maximum absolute atomic E-state index is 12.4. The normalized spacial score (nSPS) is 30.7. The van der Waals surface area contributed by atoms with E-state index in [0.717, 1.165) is 34.9 Å². The van der Waals surface area contributed by atoms with Gasteiger partial charge in [0.2, 0.25) is 5.96 Å². The molecule has 3 aliphatic carbocycles. The van der Waals surface area contributed by atoms with Crippen molar-refractivity contribution < 1.29 is 4.79 Å². The molecule has 4 aliphatic rings. The Kier molecular flexibility index (Phi) is 5.71. The molecule has 1 aliphatic heterocycles. The van der Waals surface area contributed by atoms with Crippen molar-refractivity contribution in [3.63, 3.8) is 0 Å². The summed E-state index contributed by atoms with van der Waals surface area (Å²) in [4.78, 5) is 24.3. The van der Waals surface area contributed by atoms with Gasteiger partial charge in [-0.2, -0.15) is 0 Å². The zero-order valence-electron chi connectivity index (χ0n) is 16.7. The first-order valence-corrected chi connectivity index (χ1v) is 9.74. The smallest absolute Gasteiger partial charge is 0.276 e. The van der Waals surface area contributed by atoms with E-state index in [1.807, 2.05) is 24.4 Å². The lowest BCUT2D eigenvalue weighted by Crippen LogP contribution is -2.61. The molecule has 0 unspecified atom stereocenters. The topological polar surface area (TPSA) is 82.2 Å². The Morgan fingerprint density at radius 2 is 2.07 bits per heavy atom. The molecule has 2 aromatic rings. The van der Waals surface area contributed by atoms with E-state index in [2.05, 4.69) is 46.4 Å². The minimum Gasteiger partial charge on any atom is -0.353 e. The third-order valence-electron chi connectivity index (χ3n) is 7.15. The maximum Gasteiger partial charge on any atom is 0.276 e. The fraction of sp³-hybridized carbons (Fsp3) is 0.476. The molecular formula is C21H27Cl2N5O. The number of nitrogens with zero attached hydrogens (tertiary/aromatic N) is 2. The summed E-state index contributed by atoms with van der Waals surface area (Å²) in [6, 6.07) is 4.25. The van der Waals surface area contributed by atoms with Crippen LogP contribution < -0.4 is 10.6 Å². The molecule has 6 rings (SSSR count). The van der Waals surface area contributed by atoms with E-state index >= 15 is 0 Å². The molecule has 3 heterocycles. The van der Waals surface area contributed by atoms with Crippen LogP contribution in [0, 0.1) is 23.2 Å². The Morgan fingerprint density at radius 3 is 2.79 bits per heavy atom. The zero-order chi connectivity index (χ0) is 18.8.